The van der Waals surface area contributed by atoms with Crippen LogP contribution in [-0.2, 0) is 33.4 Å². The summed E-state index contributed by atoms with van der Waals surface area (Å²) in [4.78, 5) is 64.5. The number of aliphatic hydroxyl groups excluding tert-OH is 1. The lowest BCUT2D eigenvalue weighted by Crippen LogP contribution is -2.63. The van der Waals surface area contributed by atoms with Crippen molar-refractivity contribution in [1.29, 1.82) is 0 Å². The smallest absolute Gasteiger partial charge is 0.456 e. The number of carbonyl (C=O) groups is 4. The van der Waals surface area contributed by atoms with Crippen molar-refractivity contribution in [2.24, 2.45) is 28.6 Å². The first-order valence-corrected chi connectivity index (χ1v) is 12.8. The van der Waals surface area contributed by atoms with Crippen LogP contribution in [0.1, 0.15) is 52.9 Å². The zero-order valence-electron chi connectivity index (χ0n) is 21.7. The Bertz CT molecular complexity index is 1100. The fourth-order valence-corrected chi connectivity index (χ4v) is 7.70. The number of fused-ring (bicyclic) bond motifs is 5. The molecular formula is C26H33NO11. The van der Waals surface area contributed by atoms with E-state index in [2.05, 4.69) is 4.84 Å². The summed E-state index contributed by atoms with van der Waals surface area (Å²) in [5.74, 6) is -2.23. The van der Waals surface area contributed by atoms with Gasteiger partial charge in [0.25, 0.3) is 5.09 Å². The second-order valence-electron chi connectivity index (χ2n) is 10.9. The number of carbonyl (C=O) groups excluding carboxylic acids is 4. The molecule has 0 bridgehead atoms. The third-order valence-corrected chi connectivity index (χ3v) is 9.24. The van der Waals surface area contributed by atoms with Crippen molar-refractivity contribution in [2.75, 3.05) is 19.8 Å². The van der Waals surface area contributed by atoms with Crippen molar-refractivity contribution < 1.29 is 48.4 Å². The maximum absolute atomic E-state index is 13.7. The molecule has 12 heteroatoms. The van der Waals surface area contributed by atoms with Gasteiger partial charge in [-0.05, 0) is 63.0 Å². The monoisotopic (exact) mass is 535 g/mol. The number of aliphatic hydroxyl groups is 1. The molecule has 4 unspecified atom stereocenters. The predicted molar refractivity (Wildman–Crippen MR) is 128 cm³/mol. The van der Waals surface area contributed by atoms with E-state index in [1.165, 1.54) is 6.08 Å². The molecule has 0 aromatic heterocycles. The van der Waals surface area contributed by atoms with Crippen LogP contribution in [0, 0.1) is 38.7 Å². The molecule has 0 aliphatic heterocycles. The number of esters is 1. The molecule has 3 fully saturated rings. The number of hydrogen-bond donors (Lipinski definition) is 1. The lowest BCUT2D eigenvalue weighted by Gasteiger charge is -2.59. The quantitative estimate of drug-likeness (QED) is 0.275. The first-order chi connectivity index (χ1) is 17.9. The van der Waals surface area contributed by atoms with Gasteiger partial charge in [0.1, 0.15) is 0 Å². The number of ether oxygens (including phenoxy) is 3. The Kier molecular flexibility index (Phi) is 7.39. The Morgan fingerprint density at radius 2 is 1.92 bits per heavy atom. The van der Waals surface area contributed by atoms with Crippen LogP contribution in [0.15, 0.2) is 23.8 Å². The van der Waals surface area contributed by atoms with Crippen LogP contribution >= 0.6 is 0 Å². The zero-order chi connectivity index (χ0) is 27.9. The highest BCUT2D eigenvalue weighted by molar-refractivity contribution is 6.01. The van der Waals surface area contributed by atoms with Crippen molar-refractivity contribution in [3.8, 4) is 0 Å². The topological polar surface area (TPSA) is 169 Å². The molecule has 7 atom stereocenters. The number of hydrogen-bond acceptors (Lipinski definition) is 11. The molecule has 4 aliphatic rings. The highest BCUT2D eigenvalue weighted by Gasteiger charge is 2.70. The molecule has 3 saturated carbocycles. The summed E-state index contributed by atoms with van der Waals surface area (Å²) in [5, 5.41) is 20.8. The van der Waals surface area contributed by atoms with Crippen molar-refractivity contribution in [3.63, 3.8) is 0 Å². The Hall–Kier alpha value is -3.28. The van der Waals surface area contributed by atoms with Gasteiger partial charge in [-0.2, -0.15) is 0 Å². The van der Waals surface area contributed by atoms with Gasteiger partial charge in [0.05, 0.1) is 12.7 Å². The first kappa shape index (κ1) is 27.7. The molecule has 0 radical (unpaired) electrons. The second-order valence-corrected chi connectivity index (χ2v) is 10.9. The van der Waals surface area contributed by atoms with Crippen molar-refractivity contribution in [2.45, 2.75) is 64.6 Å². The summed E-state index contributed by atoms with van der Waals surface area (Å²) in [7, 11) is 0. The number of allylic oxidation sites excluding steroid dienone is 4. The van der Waals surface area contributed by atoms with E-state index in [9.17, 15) is 34.4 Å². The molecule has 38 heavy (non-hydrogen) atoms. The molecule has 4 rings (SSSR count). The van der Waals surface area contributed by atoms with Gasteiger partial charge in [-0.1, -0.05) is 25.5 Å². The van der Waals surface area contributed by atoms with E-state index in [1.54, 1.807) is 13.0 Å². The Morgan fingerprint density at radius 1 is 1.18 bits per heavy atom. The normalized spacial score (nSPS) is 37.2. The predicted octanol–water partition coefficient (Wildman–Crippen LogP) is 2.50. The summed E-state index contributed by atoms with van der Waals surface area (Å²) in [5.41, 5.74) is -2.27. The maximum atomic E-state index is 13.7. The fraction of sp³-hybridized carbons (Fsp3) is 0.692. The van der Waals surface area contributed by atoms with E-state index in [0.29, 0.717) is 19.3 Å². The molecular weight excluding hydrogens is 502 g/mol. The van der Waals surface area contributed by atoms with E-state index in [0.717, 1.165) is 5.57 Å². The molecule has 0 aromatic carbocycles. The molecule has 1 N–H and O–H groups in total. The van der Waals surface area contributed by atoms with E-state index in [4.69, 9.17) is 14.2 Å². The summed E-state index contributed by atoms with van der Waals surface area (Å²) in [6.07, 6.45) is 5.30. The molecule has 4 aliphatic carbocycles. The van der Waals surface area contributed by atoms with E-state index in [-0.39, 0.29) is 43.0 Å². The van der Waals surface area contributed by atoms with Crippen molar-refractivity contribution in [3.05, 3.63) is 33.9 Å². The lowest BCUT2D eigenvalue weighted by molar-refractivity contribution is -0.754. The van der Waals surface area contributed by atoms with Gasteiger partial charge in [-0.25, -0.2) is 9.59 Å². The minimum absolute atomic E-state index is 0.0162. The van der Waals surface area contributed by atoms with E-state index < -0.39 is 58.7 Å². The van der Waals surface area contributed by atoms with Crippen LogP contribution in [0.25, 0.3) is 0 Å². The van der Waals surface area contributed by atoms with E-state index in [1.807, 2.05) is 19.9 Å². The molecule has 0 aromatic rings. The zero-order valence-corrected chi connectivity index (χ0v) is 21.7. The standard InChI is InChI=1S/C26H33NO11/c1-4-35-23(32)38-26(20(30)13-36-21(31)14-37-27(33)34)10-8-18-17-6-5-15-11-16(28)7-9-24(15,2)22(17)19(29)12-25(18,26)3/h7,9,11,17-19,22,29H,4-6,8,10,12-14H2,1-3H3/t17?,18?,19?,22?,24-,25-,26-/m0/s1. The Morgan fingerprint density at radius 3 is 2.61 bits per heavy atom. The molecule has 0 heterocycles. The van der Waals surface area contributed by atoms with E-state index >= 15 is 0 Å². The molecule has 12 nitrogen and oxygen atoms in total. The van der Waals surface area contributed by atoms with Gasteiger partial charge >= 0.3 is 12.1 Å². The Balaban J connectivity index is 1.64. The van der Waals surface area contributed by atoms with Gasteiger partial charge in [-0.3, -0.25) is 9.59 Å². The fourth-order valence-electron chi connectivity index (χ4n) is 7.70. The highest BCUT2D eigenvalue weighted by atomic mass is 17.0. The number of nitrogens with zero attached hydrogens (tertiary/aromatic N) is 1. The van der Waals surface area contributed by atoms with Crippen molar-refractivity contribution >= 4 is 23.7 Å². The van der Waals surface area contributed by atoms with Gasteiger partial charge < -0.3 is 24.2 Å². The molecule has 0 amide bonds. The van der Waals surface area contributed by atoms with Gasteiger partial charge in [0.15, 0.2) is 24.6 Å². The van der Waals surface area contributed by atoms with Gasteiger partial charge in [-0.15, -0.1) is 10.1 Å². The van der Waals surface area contributed by atoms with Crippen LogP contribution in [0.5, 0.6) is 0 Å². The van der Waals surface area contributed by atoms with Gasteiger partial charge in [0, 0.05) is 16.7 Å². The second kappa shape index (κ2) is 10.1. The first-order valence-electron chi connectivity index (χ1n) is 12.8. The van der Waals surface area contributed by atoms with Crippen LogP contribution in [-0.4, -0.2) is 65.4 Å². The van der Waals surface area contributed by atoms with Crippen LogP contribution in [0.4, 0.5) is 4.79 Å². The number of rotatable bonds is 8. The number of ketones is 2. The molecule has 208 valence electrons. The van der Waals surface area contributed by atoms with Crippen LogP contribution < -0.4 is 0 Å². The average molecular weight is 536 g/mol. The third-order valence-electron chi connectivity index (χ3n) is 9.24. The Labute approximate surface area is 219 Å². The average Bonchev–Trinajstić information content (AvgIpc) is 3.13. The minimum Gasteiger partial charge on any atom is -0.456 e. The molecule has 0 saturated heterocycles. The third kappa shape index (κ3) is 4.48. The van der Waals surface area contributed by atoms with Crippen molar-refractivity contribution in [1.82, 2.24) is 0 Å². The van der Waals surface area contributed by atoms with Gasteiger partial charge in [0.2, 0.25) is 5.78 Å². The molecule has 0 spiro atoms. The van der Waals surface area contributed by atoms with Crippen LogP contribution in [0.3, 0.4) is 0 Å². The SMILES string of the molecule is CCOC(=O)O[C@]1(C(=O)COC(=O)CO[N+](=O)[O-])CCC2C3CCC4=CC(=O)C=C[C@]4(C)C3C(O)C[C@@]21C. The van der Waals surface area contributed by atoms with Crippen LogP contribution in [0.2, 0.25) is 0 Å². The minimum atomic E-state index is -1.74. The summed E-state index contributed by atoms with van der Waals surface area (Å²) in [6.45, 7) is 3.67. The summed E-state index contributed by atoms with van der Waals surface area (Å²) >= 11 is 0. The highest BCUT2D eigenvalue weighted by Crippen LogP contribution is 2.67. The summed E-state index contributed by atoms with van der Waals surface area (Å²) < 4.78 is 15.7. The summed E-state index contributed by atoms with van der Waals surface area (Å²) in [6, 6.07) is 0. The largest absolute Gasteiger partial charge is 0.509 e. The maximum Gasteiger partial charge on any atom is 0.509 e. The lowest BCUT2D eigenvalue weighted by atomic mass is 9.46. The number of Topliss-reactive ketones (excluding diaryl/α,β-unsaturated/α-hetero) is 1.